The molecule has 4 heteroatoms. The van der Waals surface area contributed by atoms with Crippen molar-refractivity contribution in [2.24, 2.45) is 7.05 Å². The van der Waals surface area contributed by atoms with Gasteiger partial charge in [-0.25, -0.2) is 4.98 Å². The molecule has 0 spiro atoms. The summed E-state index contributed by atoms with van der Waals surface area (Å²) in [4.78, 5) is 8.56. The Kier molecular flexibility index (Phi) is 5.74. The second-order valence-corrected chi connectivity index (χ2v) is 5.15. The minimum Gasteiger partial charge on any atom is -0.338 e. The van der Waals surface area contributed by atoms with Crippen molar-refractivity contribution >= 4 is 0 Å². The Balaban J connectivity index is 1.82. The highest BCUT2D eigenvalue weighted by molar-refractivity contribution is 5.08. The van der Waals surface area contributed by atoms with Crippen LogP contribution in [0.3, 0.4) is 0 Å². The van der Waals surface area contributed by atoms with E-state index in [9.17, 15) is 0 Å². The van der Waals surface area contributed by atoms with Gasteiger partial charge in [0.1, 0.15) is 5.82 Å². The van der Waals surface area contributed by atoms with E-state index in [1.54, 1.807) is 0 Å². The molecular weight excluding hydrogens is 248 g/mol. The molecule has 2 aromatic rings. The first-order chi connectivity index (χ1) is 9.79. The largest absolute Gasteiger partial charge is 0.338 e. The molecule has 0 aliphatic heterocycles. The lowest BCUT2D eigenvalue weighted by Gasteiger charge is -2.17. The zero-order chi connectivity index (χ0) is 14.2. The van der Waals surface area contributed by atoms with Gasteiger partial charge in [-0.05, 0) is 37.4 Å². The maximum atomic E-state index is 4.39. The summed E-state index contributed by atoms with van der Waals surface area (Å²) in [6.45, 7) is 3.18. The van der Waals surface area contributed by atoms with Gasteiger partial charge in [-0.3, -0.25) is 4.98 Å². The van der Waals surface area contributed by atoms with Gasteiger partial charge in [-0.2, -0.15) is 0 Å². The smallest absolute Gasteiger partial charge is 0.108 e. The zero-order valence-electron chi connectivity index (χ0n) is 12.4. The molecule has 0 saturated carbocycles. The number of hydrogen-bond acceptors (Lipinski definition) is 3. The summed E-state index contributed by atoms with van der Waals surface area (Å²) in [6, 6.07) is 4.69. The summed E-state index contributed by atoms with van der Waals surface area (Å²) in [6.07, 6.45) is 12.0. The Morgan fingerprint density at radius 2 is 2.10 bits per heavy atom. The minimum absolute atomic E-state index is 0.539. The number of imidazole rings is 1. The number of hydrogen-bond donors (Lipinski definition) is 1. The fourth-order valence-electron chi connectivity index (χ4n) is 2.46. The predicted octanol–water partition coefficient (Wildman–Crippen LogP) is 2.36. The molecule has 2 aromatic heterocycles. The van der Waals surface area contributed by atoms with Gasteiger partial charge in [0, 0.05) is 44.3 Å². The Labute approximate surface area is 121 Å². The standard InChI is InChI=1S/C16H24N4/c1-3-18-15(7-6-14-5-4-10-17-13-14)8-9-16-19-11-12-20(16)2/h4-5,10-13,15,18H,3,6-9H2,1-2H3. The minimum atomic E-state index is 0.539. The molecule has 108 valence electrons. The second kappa shape index (κ2) is 7.80. The number of aromatic nitrogens is 3. The molecular formula is C16H24N4. The van der Waals surface area contributed by atoms with Crippen LogP contribution in [0.25, 0.3) is 0 Å². The van der Waals surface area contributed by atoms with Gasteiger partial charge >= 0.3 is 0 Å². The van der Waals surface area contributed by atoms with Gasteiger partial charge in [0.25, 0.3) is 0 Å². The first-order valence-electron chi connectivity index (χ1n) is 7.38. The van der Waals surface area contributed by atoms with Gasteiger partial charge in [-0.15, -0.1) is 0 Å². The summed E-state index contributed by atoms with van der Waals surface area (Å²) >= 11 is 0. The number of rotatable bonds is 8. The molecule has 1 N–H and O–H groups in total. The van der Waals surface area contributed by atoms with Gasteiger partial charge < -0.3 is 9.88 Å². The molecule has 0 aliphatic carbocycles. The van der Waals surface area contributed by atoms with Gasteiger partial charge in [-0.1, -0.05) is 13.0 Å². The van der Waals surface area contributed by atoms with E-state index in [1.807, 2.05) is 30.9 Å². The van der Waals surface area contributed by atoms with Gasteiger partial charge in [0.2, 0.25) is 0 Å². The van der Waals surface area contributed by atoms with Crippen molar-refractivity contribution in [1.29, 1.82) is 0 Å². The van der Waals surface area contributed by atoms with Crippen LogP contribution in [-0.2, 0) is 19.9 Å². The van der Waals surface area contributed by atoms with Crippen LogP contribution < -0.4 is 5.32 Å². The second-order valence-electron chi connectivity index (χ2n) is 5.15. The number of pyridine rings is 1. The van der Waals surface area contributed by atoms with E-state index in [0.717, 1.165) is 38.1 Å². The molecule has 0 radical (unpaired) electrons. The molecule has 4 nitrogen and oxygen atoms in total. The molecule has 0 fully saturated rings. The third kappa shape index (κ3) is 4.46. The van der Waals surface area contributed by atoms with Crippen molar-refractivity contribution in [3.63, 3.8) is 0 Å². The summed E-state index contributed by atoms with van der Waals surface area (Å²) in [5.41, 5.74) is 1.31. The summed E-state index contributed by atoms with van der Waals surface area (Å²) in [7, 11) is 2.06. The van der Waals surface area contributed by atoms with Crippen LogP contribution in [0.4, 0.5) is 0 Å². The fourth-order valence-corrected chi connectivity index (χ4v) is 2.46. The summed E-state index contributed by atoms with van der Waals surface area (Å²) in [5.74, 6) is 1.16. The molecule has 1 atom stereocenters. The third-order valence-corrected chi connectivity index (χ3v) is 3.63. The lowest BCUT2D eigenvalue weighted by molar-refractivity contribution is 0.458. The lowest BCUT2D eigenvalue weighted by Crippen LogP contribution is -2.30. The highest BCUT2D eigenvalue weighted by Gasteiger charge is 2.09. The van der Waals surface area contributed by atoms with Crippen molar-refractivity contribution in [3.8, 4) is 0 Å². The Morgan fingerprint density at radius 3 is 2.75 bits per heavy atom. The number of nitrogens with zero attached hydrogens (tertiary/aromatic N) is 3. The summed E-state index contributed by atoms with van der Waals surface area (Å²) in [5, 5.41) is 3.58. The number of nitrogens with one attached hydrogen (secondary N) is 1. The van der Waals surface area contributed by atoms with E-state index in [4.69, 9.17) is 0 Å². The molecule has 2 heterocycles. The topological polar surface area (TPSA) is 42.7 Å². The Bertz CT molecular complexity index is 492. The average molecular weight is 272 g/mol. The molecule has 20 heavy (non-hydrogen) atoms. The monoisotopic (exact) mass is 272 g/mol. The number of aryl methyl sites for hydroxylation is 3. The van der Waals surface area contributed by atoms with E-state index >= 15 is 0 Å². The van der Waals surface area contributed by atoms with Crippen molar-refractivity contribution in [1.82, 2.24) is 19.9 Å². The maximum absolute atomic E-state index is 4.39. The van der Waals surface area contributed by atoms with Crippen LogP contribution in [-0.4, -0.2) is 27.1 Å². The lowest BCUT2D eigenvalue weighted by atomic mass is 10.0. The van der Waals surface area contributed by atoms with Crippen LogP contribution in [0, 0.1) is 0 Å². The van der Waals surface area contributed by atoms with Crippen molar-refractivity contribution < 1.29 is 0 Å². The fraction of sp³-hybridized carbons (Fsp3) is 0.500. The molecule has 0 bridgehead atoms. The summed E-state index contributed by atoms with van der Waals surface area (Å²) < 4.78 is 2.10. The molecule has 0 amide bonds. The SMILES string of the molecule is CCNC(CCc1cccnc1)CCc1nccn1C. The van der Waals surface area contributed by atoms with Gasteiger partial charge in [0.05, 0.1) is 0 Å². The quantitative estimate of drug-likeness (QED) is 0.802. The van der Waals surface area contributed by atoms with E-state index in [1.165, 1.54) is 5.56 Å². The third-order valence-electron chi connectivity index (χ3n) is 3.63. The molecule has 0 saturated heterocycles. The van der Waals surface area contributed by atoms with Crippen LogP contribution >= 0.6 is 0 Å². The molecule has 0 aliphatic rings. The van der Waals surface area contributed by atoms with Crippen LogP contribution in [0.5, 0.6) is 0 Å². The highest BCUT2D eigenvalue weighted by Crippen LogP contribution is 2.09. The first-order valence-corrected chi connectivity index (χ1v) is 7.38. The van der Waals surface area contributed by atoms with Crippen molar-refractivity contribution in [2.75, 3.05) is 6.54 Å². The normalized spacial score (nSPS) is 12.5. The van der Waals surface area contributed by atoms with E-state index in [-0.39, 0.29) is 0 Å². The molecule has 2 rings (SSSR count). The van der Waals surface area contributed by atoms with E-state index in [0.29, 0.717) is 6.04 Å². The predicted molar refractivity (Wildman–Crippen MR) is 81.6 cm³/mol. The van der Waals surface area contributed by atoms with E-state index < -0.39 is 0 Å². The maximum Gasteiger partial charge on any atom is 0.108 e. The average Bonchev–Trinajstić information content (AvgIpc) is 2.88. The van der Waals surface area contributed by atoms with Gasteiger partial charge in [0.15, 0.2) is 0 Å². The van der Waals surface area contributed by atoms with Crippen LogP contribution in [0.15, 0.2) is 36.9 Å². The van der Waals surface area contributed by atoms with Crippen molar-refractivity contribution in [2.45, 2.75) is 38.6 Å². The zero-order valence-corrected chi connectivity index (χ0v) is 12.4. The first kappa shape index (κ1) is 14.7. The van der Waals surface area contributed by atoms with E-state index in [2.05, 4.69) is 39.9 Å². The van der Waals surface area contributed by atoms with Crippen LogP contribution in [0.2, 0.25) is 0 Å². The Morgan fingerprint density at radius 1 is 1.25 bits per heavy atom. The molecule has 0 aromatic carbocycles. The Hall–Kier alpha value is -1.68. The highest BCUT2D eigenvalue weighted by atomic mass is 15.0. The molecule has 1 unspecified atom stereocenters. The van der Waals surface area contributed by atoms with Crippen LogP contribution in [0.1, 0.15) is 31.2 Å². The van der Waals surface area contributed by atoms with Crippen molar-refractivity contribution in [3.05, 3.63) is 48.3 Å².